The maximum absolute atomic E-state index is 12.5. The Bertz CT molecular complexity index is 364. The number of halogens is 3. The third-order valence-electron chi connectivity index (χ3n) is 2.44. The van der Waals surface area contributed by atoms with E-state index in [1.165, 1.54) is 17.3 Å². The Morgan fingerprint density at radius 1 is 1.21 bits per heavy atom. The first-order chi connectivity index (χ1) is 8.96. The Balaban J connectivity index is 2.73. The SMILES string of the molecule is CCCN(CC(F)(F)F)c1cnc(CNCC)cn1. The highest BCUT2D eigenvalue weighted by atomic mass is 19.4. The van der Waals surface area contributed by atoms with Gasteiger partial charge in [0.05, 0.1) is 18.1 Å². The number of hydrogen-bond acceptors (Lipinski definition) is 4. The zero-order valence-electron chi connectivity index (χ0n) is 11.2. The van der Waals surface area contributed by atoms with Gasteiger partial charge in [0.15, 0.2) is 0 Å². The van der Waals surface area contributed by atoms with Crippen molar-refractivity contribution >= 4 is 5.82 Å². The number of hydrogen-bond donors (Lipinski definition) is 1. The van der Waals surface area contributed by atoms with Crippen LogP contribution in [0.4, 0.5) is 19.0 Å². The van der Waals surface area contributed by atoms with E-state index in [9.17, 15) is 13.2 Å². The van der Waals surface area contributed by atoms with Crippen molar-refractivity contribution in [1.82, 2.24) is 15.3 Å². The largest absolute Gasteiger partial charge is 0.405 e. The maximum atomic E-state index is 12.5. The molecule has 1 heterocycles. The van der Waals surface area contributed by atoms with Crippen molar-refractivity contribution in [2.45, 2.75) is 33.0 Å². The van der Waals surface area contributed by atoms with E-state index >= 15 is 0 Å². The number of anilines is 1. The van der Waals surface area contributed by atoms with Crippen molar-refractivity contribution in [3.8, 4) is 0 Å². The van der Waals surface area contributed by atoms with Crippen LogP contribution in [0.5, 0.6) is 0 Å². The van der Waals surface area contributed by atoms with Crippen LogP contribution < -0.4 is 10.2 Å². The lowest BCUT2D eigenvalue weighted by molar-refractivity contribution is -0.119. The van der Waals surface area contributed by atoms with Crippen LogP contribution in [-0.2, 0) is 6.54 Å². The first kappa shape index (κ1) is 15.7. The van der Waals surface area contributed by atoms with Gasteiger partial charge in [0.25, 0.3) is 0 Å². The van der Waals surface area contributed by atoms with Crippen LogP contribution in [0.15, 0.2) is 12.4 Å². The number of nitrogens with zero attached hydrogens (tertiary/aromatic N) is 3. The summed E-state index contributed by atoms with van der Waals surface area (Å²) in [6, 6.07) is 0. The van der Waals surface area contributed by atoms with Gasteiger partial charge in [-0.3, -0.25) is 4.98 Å². The van der Waals surface area contributed by atoms with Crippen molar-refractivity contribution in [2.75, 3.05) is 24.5 Å². The Morgan fingerprint density at radius 2 is 1.95 bits per heavy atom. The fourth-order valence-electron chi connectivity index (χ4n) is 1.62. The summed E-state index contributed by atoms with van der Waals surface area (Å²) in [5.41, 5.74) is 0.717. The van der Waals surface area contributed by atoms with E-state index < -0.39 is 12.7 Å². The third-order valence-corrected chi connectivity index (χ3v) is 2.44. The van der Waals surface area contributed by atoms with Gasteiger partial charge in [-0.05, 0) is 13.0 Å². The zero-order chi connectivity index (χ0) is 14.3. The molecule has 1 aromatic rings. The molecule has 0 aliphatic rings. The highest BCUT2D eigenvalue weighted by molar-refractivity contribution is 5.36. The average molecular weight is 276 g/mol. The molecule has 0 aromatic carbocycles. The highest BCUT2D eigenvalue weighted by Crippen LogP contribution is 2.20. The number of rotatable bonds is 7. The quantitative estimate of drug-likeness (QED) is 0.830. The summed E-state index contributed by atoms with van der Waals surface area (Å²) in [5, 5.41) is 3.08. The molecule has 0 aliphatic carbocycles. The molecule has 0 spiro atoms. The number of nitrogens with one attached hydrogen (secondary N) is 1. The van der Waals surface area contributed by atoms with Crippen molar-refractivity contribution in [2.24, 2.45) is 0 Å². The summed E-state index contributed by atoms with van der Waals surface area (Å²) in [6.07, 6.45) is -0.707. The number of aromatic nitrogens is 2. The molecule has 7 heteroatoms. The van der Waals surface area contributed by atoms with Crippen molar-refractivity contribution in [3.05, 3.63) is 18.1 Å². The third kappa shape index (κ3) is 5.87. The monoisotopic (exact) mass is 276 g/mol. The fraction of sp³-hybridized carbons (Fsp3) is 0.667. The molecule has 0 saturated heterocycles. The lowest BCUT2D eigenvalue weighted by Gasteiger charge is -2.24. The van der Waals surface area contributed by atoms with E-state index in [4.69, 9.17) is 0 Å². The smallest absolute Gasteiger partial charge is 0.346 e. The van der Waals surface area contributed by atoms with Gasteiger partial charge >= 0.3 is 6.18 Å². The summed E-state index contributed by atoms with van der Waals surface area (Å²) >= 11 is 0. The first-order valence-corrected chi connectivity index (χ1v) is 6.29. The van der Waals surface area contributed by atoms with E-state index in [-0.39, 0.29) is 5.82 Å². The highest BCUT2D eigenvalue weighted by Gasteiger charge is 2.31. The Hall–Kier alpha value is -1.37. The van der Waals surface area contributed by atoms with Gasteiger partial charge in [0.2, 0.25) is 0 Å². The topological polar surface area (TPSA) is 41.1 Å². The lowest BCUT2D eigenvalue weighted by Crippen LogP contribution is -2.35. The van der Waals surface area contributed by atoms with Crippen LogP contribution in [0, 0.1) is 0 Å². The van der Waals surface area contributed by atoms with Gasteiger partial charge in [-0.25, -0.2) is 4.98 Å². The van der Waals surface area contributed by atoms with Gasteiger partial charge in [0, 0.05) is 13.1 Å². The molecular formula is C12H19F3N4. The lowest BCUT2D eigenvalue weighted by atomic mass is 10.3. The molecule has 0 fully saturated rings. The van der Waals surface area contributed by atoms with Crippen molar-refractivity contribution in [3.63, 3.8) is 0 Å². The molecule has 0 bridgehead atoms. The van der Waals surface area contributed by atoms with Crippen LogP contribution >= 0.6 is 0 Å². The van der Waals surface area contributed by atoms with Crippen LogP contribution in [0.1, 0.15) is 26.0 Å². The summed E-state index contributed by atoms with van der Waals surface area (Å²) < 4.78 is 37.4. The molecule has 0 atom stereocenters. The standard InChI is InChI=1S/C12H19F3N4/c1-3-5-19(9-12(13,14)15)11-8-17-10(7-18-11)6-16-4-2/h7-8,16H,3-6,9H2,1-2H3. The second-order valence-electron chi connectivity index (χ2n) is 4.18. The normalized spacial score (nSPS) is 11.6. The Labute approximate surface area is 111 Å². The van der Waals surface area contributed by atoms with Gasteiger partial charge in [-0.1, -0.05) is 13.8 Å². The molecular weight excluding hydrogens is 257 g/mol. The van der Waals surface area contributed by atoms with Gasteiger partial charge in [-0.2, -0.15) is 13.2 Å². The van der Waals surface area contributed by atoms with Crippen molar-refractivity contribution < 1.29 is 13.2 Å². The van der Waals surface area contributed by atoms with Crippen LogP contribution in [0.2, 0.25) is 0 Å². The van der Waals surface area contributed by atoms with Crippen LogP contribution in [0.25, 0.3) is 0 Å². The molecule has 0 radical (unpaired) electrons. The number of alkyl halides is 3. The molecule has 1 rings (SSSR count). The van der Waals surface area contributed by atoms with E-state index in [1.54, 1.807) is 0 Å². The second-order valence-corrected chi connectivity index (χ2v) is 4.18. The Kier molecular flexibility index (Phi) is 6.01. The minimum absolute atomic E-state index is 0.263. The minimum atomic E-state index is -4.24. The zero-order valence-corrected chi connectivity index (χ0v) is 11.2. The molecule has 0 amide bonds. The molecule has 0 aliphatic heterocycles. The van der Waals surface area contributed by atoms with E-state index in [0.717, 1.165) is 6.54 Å². The second kappa shape index (κ2) is 7.28. The summed E-state index contributed by atoms with van der Waals surface area (Å²) in [7, 11) is 0. The van der Waals surface area contributed by atoms with Crippen molar-refractivity contribution in [1.29, 1.82) is 0 Å². The molecule has 1 N–H and O–H groups in total. The average Bonchev–Trinajstić information content (AvgIpc) is 2.35. The molecule has 19 heavy (non-hydrogen) atoms. The van der Waals surface area contributed by atoms with E-state index in [0.29, 0.717) is 25.2 Å². The molecule has 0 unspecified atom stereocenters. The minimum Gasteiger partial charge on any atom is -0.346 e. The van der Waals surface area contributed by atoms with Gasteiger partial charge in [0.1, 0.15) is 12.4 Å². The predicted octanol–water partition coefficient (Wildman–Crippen LogP) is 2.36. The Morgan fingerprint density at radius 3 is 2.42 bits per heavy atom. The first-order valence-electron chi connectivity index (χ1n) is 6.29. The molecule has 0 saturated carbocycles. The van der Waals surface area contributed by atoms with Gasteiger partial charge in [-0.15, -0.1) is 0 Å². The van der Waals surface area contributed by atoms with E-state index in [1.807, 2.05) is 13.8 Å². The summed E-state index contributed by atoms with van der Waals surface area (Å²) in [5.74, 6) is 0.263. The fourth-order valence-corrected chi connectivity index (χ4v) is 1.62. The molecule has 4 nitrogen and oxygen atoms in total. The van der Waals surface area contributed by atoms with Crippen LogP contribution in [0.3, 0.4) is 0 Å². The molecule has 108 valence electrons. The summed E-state index contributed by atoms with van der Waals surface area (Å²) in [6.45, 7) is 4.48. The molecule has 1 aromatic heterocycles. The maximum Gasteiger partial charge on any atom is 0.405 e. The van der Waals surface area contributed by atoms with E-state index in [2.05, 4.69) is 15.3 Å². The van der Waals surface area contributed by atoms with Crippen LogP contribution in [-0.4, -0.2) is 35.8 Å². The van der Waals surface area contributed by atoms with Gasteiger partial charge < -0.3 is 10.2 Å². The summed E-state index contributed by atoms with van der Waals surface area (Å²) in [4.78, 5) is 9.37. The predicted molar refractivity (Wildman–Crippen MR) is 68.0 cm³/mol.